The van der Waals surface area contributed by atoms with Gasteiger partial charge >= 0.3 is 0 Å². The van der Waals surface area contributed by atoms with Gasteiger partial charge in [-0.05, 0) is 23.3 Å². The van der Waals surface area contributed by atoms with Crippen molar-refractivity contribution in [3.05, 3.63) is 70.7 Å². The first kappa shape index (κ1) is 18.9. The minimum Gasteiger partial charge on any atom is -0.395 e. The van der Waals surface area contributed by atoms with Gasteiger partial charge in [0.05, 0.1) is 25.9 Å². The molecule has 0 aliphatic carbocycles. The van der Waals surface area contributed by atoms with Crippen LogP contribution in [0.25, 0.3) is 0 Å². The fourth-order valence-corrected chi connectivity index (χ4v) is 2.59. The summed E-state index contributed by atoms with van der Waals surface area (Å²) in [5.41, 5.74) is 2.17. The highest BCUT2D eigenvalue weighted by Gasteiger charge is 2.12. The van der Waals surface area contributed by atoms with Gasteiger partial charge in [0.2, 0.25) is 0 Å². The van der Waals surface area contributed by atoms with Crippen molar-refractivity contribution in [2.75, 3.05) is 26.3 Å². The first-order chi connectivity index (χ1) is 11.7. The maximum atomic E-state index is 10.2. The number of rotatable bonds is 10. The number of benzene rings is 2. The van der Waals surface area contributed by atoms with Crippen molar-refractivity contribution in [1.82, 2.24) is 4.90 Å². The summed E-state index contributed by atoms with van der Waals surface area (Å²) < 4.78 is 5.57. The number of ether oxygens (including phenoxy) is 1. The smallest absolute Gasteiger partial charge is 0.0900 e. The van der Waals surface area contributed by atoms with Crippen molar-refractivity contribution >= 4 is 11.6 Å². The lowest BCUT2D eigenvalue weighted by Crippen LogP contribution is -2.36. The van der Waals surface area contributed by atoms with Crippen LogP contribution in [0.5, 0.6) is 0 Å². The van der Waals surface area contributed by atoms with Gasteiger partial charge in [0.15, 0.2) is 0 Å². The SMILES string of the molecule is OCCN(Cc1ccccc1)C[C@H](O)COCc1ccc(Cl)cc1. The number of nitrogens with zero attached hydrogens (tertiary/aromatic N) is 1. The summed E-state index contributed by atoms with van der Waals surface area (Å²) in [5.74, 6) is 0. The highest BCUT2D eigenvalue weighted by atomic mass is 35.5. The van der Waals surface area contributed by atoms with Crippen LogP contribution in [0.15, 0.2) is 54.6 Å². The molecule has 0 aliphatic heterocycles. The van der Waals surface area contributed by atoms with Gasteiger partial charge in [0.25, 0.3) is 0 Å². The van der Waals surface area contributed by atoms with Crippen LogP contribution in [0.3, 0.4) is 0 Å². The molecule has 0 aliphatic rings. The highest BCUT2D eigenvalue weighted by Crippen LogP contribution is 2.10. The molecule has 5 heteroatoms. The summed E-state index contributed by atoms with van der Waals surface area (Å²) in [7, 11) is 0. The van der Waals surface area contributed by atoms with Gasteiger partial charge in [-0.1, -0.05) is 54.1 Å². The van der Waals surface area contributed by atoms with E-state index in [1.807, 2.05) is 59.5 Å². The zero-order valence-electron chi connectivity index (χ0n) is 13.6. The molecule has 0 aromatic heterocycles. The lowest BCUT2D eigenvalue weighted by atomic mass is 10.2. The standard InChI is InChI=1S/C19H24ClNO3/c20-18-8-6-17(7-9-18)14-24-15-19(23)13-21(10-11-22)12-16-4-2-1-3-5-16/h1-9,19,22-23H,10-15H2/t19-/m0/s1. The van der Waals surface area contributed by atoms with Crippen molar-refractivity contribution < 1.29 is 14.9 Å². The van der Waals surface area contributed by atoms with E-state index in [0.717, 1.165) is 11.1 Å². The minimum absolute atomic E-state index is 0.0607. The third-order valence-corrected chi connectivity index (χ3v) is 3.88. The molecule has 2 rings (SSSR count). The Morgan fingerprint density at radius 2 is 1.71 bits per heavy atom. The average Bonchev–Trinajstić information content (AvgIpc) is 2.58. The molecule has 130 valence electrons. The van der Waals surface area contributed by atoms with E-state index in [0.29, 0.717) is 31.3 Å². The second-order valence-corrected chi connectivity index (χ2v) is 6.18. The lowest BCUT2D eigenvalue weighted by Gasteiger charge is -2.24. The molecule has 0 heterocycles. The Morgan fingerprint density at radius 3 is 2.38 bits per heavy atom. The molecule has 0 saturated heterocycles. The van der Waals surface area contributed by atoms with Crippen molar-refractivity contribution in [2.24, 2.45) is 0 Å². The molecule has 0 spiro atoms. The average molecular weight is 350 g/mol. The van der Waals surface area contributed by atoms with E-state index < -0.39 is 6.10 Å². The van der Waals surface area contributed by atoms with Crippen LogP contribution in [0.2, 0.25) is 5.02 Å². The van der Waals surface area contributed by atoms with Gasteiger partial charge in [-0.2, -0.15) is 0 Å². The fraction of sp³-hybridized carbons (Fsp3) is 0.368. The summed E-state index contributed by atoms with van der Waals surface area (Å²) in [6.07, 6.45) is -0.604. The van der Waals surface area contributed by atoms with E-state index in [1.54, 1.807) is 0 Å². The molecule has 0 bridgehead atoms. The van der Waals surface area contributed by atoms with Crippen molar-refractivity contribution in [3.8, 4) is 0 Å². The second-order valence-electron chi connectivity index (χ2n) is 5.74. The van der Waals surface area contributed by atoms with Crippen molar-refractivity contribution in [3.63, 3.8) is 0 Å². The van der Waals surface area contributed by atoms with E-state index >= 15 is 0 Å². The molecular weight excluding hydrogens is 326 g/mol. The van der Waals surface area contributed by atoms with E-state index in [1.165, 1.54) is 0 Å². The Hall–Kier alpha value is -1.43. The van der Waals surface area contributed by atoms with Crippen LogP contribution in [0, 0.1) is 0 Å². The highest BCUT2D eigenvalue weighted by molar-refractivity contribution is 6.30. The zero-order valence-corrected chi connectivity index (χ0v) is 14.4. The molecule has 2 aromatic carbocycles. The third-order valence-electron chi connectivity index (χ3n) is 3.63. The van der Waals surface area contributed by atoms with Crippen molar-refractivity contribution in [1.29, 1.82) is 0 Å². The van der Waals surface area contributed by atoms with Gasteiger partial charge < -0.3 is 14.9 Å². The Kier molecular flexibility index (Phi) is 8.22. The van der Waals surface area contributed by atoms with Crippen molar-refractivity contribution in [2.45, 2.75) is 19.3 Å². The van der Waals surface area contributed by atoms with Gasteiger partial charge in [-0.25, -0.2) is 0 Å². The number of aliphatic hydroxyl groups excluding tert-OH is 2. The minimum atomic E-state index is -0.604. The molecule has 0 unspecified atom stereocenters. The first-order valence-electron chi connectivity index (χ1n) is 8.05. The number of hydrogen-bond acceptors (Lipinski definition) is 4. The van der Waals surface area contributed by atoms with Gasteiger partial charge in [-0.15, -0.1) is 0 Å². The molecule has 0 fully saturated rings. The topological polar surface area (TPSA) is 52.9 Å². The van der Waals surface area contributed by atoms with Crippen LogP contribution in [0.4, 0.5) is 0 Å². The van der Waals surface area contributed by atoms with Crippen LogP contribution in [0.1, 0.15) is 11.1 Å². The predicted molar refractivity (Wildman–Crippen MR) is 95.9 cm³/mol. The molecule has 0 radical (unpaired) electrons. The third kappa shape index (κ3) is 6.99. The predicted octanol–water partition coefficient (Wildman–Crippen LogP) is 2.71. The number of halogens is 1. The van der Waals surface area contributed by atoms with Crippen LogP contribution < -0.4 is 0 Å². The van der Waals surface area contributed by atoms with E-state index in [9.17, 15) is 10.2 Å². The van der Waals surface area contributed by atoms with Gasteiger partial charge in [-0.3, -0.25) is 4.90 Å². The molecule has 2 N–H and O–H groups in total. The summed E-state index contributed by atoms with van der Waals surface area (Å²) in [6.45, 7) is 2.41. The number of aliphatic hydroxyl groups is 2. The fourth-order valence-electron chi connectivity index (χ4n) is 2.46. The molecule has 2 aromatic rings. The molecule has 4 nitrogen and oxygen atoms in total. The molecule has 24 heavy (non-hydrogen) atoms. The van der Waals surface area contributed by atoms with E-state index in [4.69, 9.17) is 16.3 Å². The number of hydrogen-bond donors (Lipinski definition) is 2. The largest absolute Gasteiger partial charge is 0.395 e. The lowest BCUT2D eigenvalue weighted by molar-refractivity contribution is 0.00619. The zero-order chi connectivity index (χ0) is 17.2. The Balaban J connectivity index is 1.75. The van der Waals surface area contributed by atoms with E-state index in [-0.39, 0.29) is 13.2 Å². The summed E-state index contributed by atoms with van der Waals surface area (Å²) in [4.78, 5) is 2.02. The Morgan fingerprint density at radius 1 is 1.00 bits per heavy atom. The quantitative estimate of drug-likeness (QED) is 0.692. The first-order valence-corrected chi connectivity index (χ1v) is 8.42. The maximum Gasteiger partial charge on any atom is 0.0900 e. The summed E-state index contributed by atoms with van der Waals surface area (Å²) in [6, 6.07) is 17.5. The normalized spacial score (nSPS) is 12.5. The molecule has 1 atom stereocenters. The second kappa shape index (κ2) is 10.4. The summed E-state index contributed by atoms with van der Waals surface area (Å²) in [5, 5.41) is 20.1. The van der Waals surface area contributed by atoms with Crippen LogP contribution in [-0.2, 0) is 17.9 Å². The Labute approximate surface area is 148 Å². The molecule has 0 saturated carbocycles. The Bertz CT molecular complexity index is 577. The molecule has 0 amide bonds. The monoisotopic (exact) mass is 349 g/mol. The van der Waals surface area contributed by atoms with Gasteiger partial charge in [0.1, 0.15) is 0 Å². The van der Waals surface area contributed by atoms with E-state index in [2.05, 4.69) is 0 Å². The molecular formula is C19H24ClNO3. The van der Waals surface area contributed by atoms with Crippen LogP contribution in [-0.4, -0.2) is 47.5 Å². The van der Waals surface area contributed by atoms with Gasteiger partial charge in [0, 0.05) is 24.7 Å². The summed E-state index contributed by atoms with van der Waals surface area (Å²) >= 11 is 5.84. The van der Waals surface area contributed by atoms with Crippen LogP contribution >= 0.6 is 11.6 Å². The maximum absolute atomic E-state index is 10.2.